The maximum absolute atomic E-state index is 12.4. The smallest absolute Gasteiger partial charge is 0.294 e. The molecule has 16 heavy (non-hydrogen) atoms. The van der Waals surface area contributed by atoms with Crippen LogP contribution in [0, 0.1) is 5.41 Å². The molecule has 94 valence electrons. The molecule has 3 nitrogen and oxygen atoms in total. The summed E-state index contributed by atoms with van der Waals surface area (Å²) in [7, 11) is -4.46. The van der Waals surface area contributed by atoms with Gasteiger partial charge in [0.05, 0.1) is 0 Å². The van der Waals surface area contributed by atoms with E-state index < -0.39 is 32.1 Å². The predicted molar refractivity (Wildman–Crippen MR) is 53.4 cm³/mol. The van der Waals surface area contributed by atoms with Gasteiger partial charge in [-0.1, -0.05) is 20.8 Å². The van der Waals surface area contributed by atoms with E-state index in [9.17, 15) is 26.4 Å². The van der Waals surface area contributed by atoms with Crippen LogP contribution in [0.4, 0.5) is 13.2 Å². The van der Waals surface area contributed by atoms with E-state index in [1.54, 1.807) is 0 Å². The van der Waals surface area contributed by atoms with E-state index in [1.165, 1.54) is 20.8 Å². The van der Waals surface area contributed by atoms with Crippen LogP contribution >= 0.6 is 0 Å². The van der Waals surface area contributed by atoms with Crippen LogP contribution in [-0.4, -0.2) is 26.6 Å². The molecule has 0 aliphatic rings. The van der Waals surface area contributed by atoms with Crippen LogP contribution < -0.4 is 0 Å². The maximum atomic E-state index is 12.4. The van der Waals surface area contributed by atoms with Crippen molar-refractivity contribution in [3.63, 3.8) is 0 Å². The number of rotatable bonds is 2. The third-order valence-electron chi connectivity index (χ3n) is 1.68. The van der Waals surface area contributed by atoms with Crippen molar-refractivity contribution in [3.05, 3.63) is 11.0 Å². The Kier molecular flexibility index (Phi) is 3.97. The summed E-state index contributed by atoms with van der Waals surface area (Å²) >= 11 is 0. The summed E-state index contributed by atoms with van der Waals surface area (Å²) in [6.45, 7) is 4.21. The zero-order valence-corrected chi connectivity index (χ0v) is 10.2. The first-order chi connectivity index (χ1) is 6.76. The lowest BCUT2D eigenvalue weighted by molar-refractivity contribution is -0.122. The van der Waals surface area contributed by atoms with Gasteiger partial charge in [0.1, 0.15) is 0 Å². The van der Waals surface area contributed by atoms with Crippen molar-refractivity contribution >= 4 is 15.6 Å². The van der Waals surface area contributed by atoms with Crippen molar-refractivity contribution in [2.45, 2.75) is 26.9 Å². The van der Waals surface area contributed by atoms with Crippen LogP contribution in [0.2, 0.25) is 0 Å². The molecule has 0 saturated heterocycles. The molecular formula is C9H13F3O3S. The lowest BCUT2D eigenvalue weighted by Crippen LogP contribution is -2.24. The number of carbonyl (C=O) groups is 1. The SMILES string of the molecule is CC(C)(C)C(=O)/C=C(/C(F)(F)F)S(C)(=O)=O. The second-order valence-corrected chi connectivity index (χ2v) is 6.38. The highest BCUT2D eigenvalue weighted by Crippen LogP contribution is 2.30. The van der Waals surface area contributed by atoms with E-state index in [0.29, 0.717) is 6.26 Å². The number of ketones is 1. The number of allylic oxidation sites excluding steroid dienone is 2. The van der Waals surface area contributed by atoms with Gasteiger partial charge in [-0.05, 0) is 0 Å². The summed E-state index contributed by atoms with van der Waals surface area (Å²) < 4.78 is 58.9. The summed E-state index contributed by atoms with van der Waals surface area (Å²) in [5.74, 6) is -0.884. The van der Waals surface area contributed by atoms with Crippen molar-refractivity contribution in [2.24, 2.45) is 5.41 Å². The number of alkyl halides is 3. The van der Waals surface area contributed by atoms with Crippen LogP contribution in [0.1, 0.15) is 20.8 Å². The molecule has 0 radical (unpaired) electrons. The average molecular weight is 258 g/mol. The Labute approximate surface area is 92.3 Å². The number of hydrogen-bond acceptors (Lipinski definition) is 3. The normalized spacial score (nSPS) is 15.1. The fourth-order valence-electron chi connectivity index (χ4n) is 0.735. The van der Waals surface area contributed by atoms with Gasteiger partial charge in [0, 0.05) is 17.7 Å². The lowest BCUT2D eigenvalue weighted by atomic mass is 9.90. The van der Waals surface area contributed by atoms with E-state index in [2.05, 4.69) is 0 Å². The summed E-state index contributed by atoms with van der Waals surface area (Å²) in [4.78, 5) is 9.52. The molecule has 0 saturated carbocycles. The third kappa shape index (κ3) is 4.34. The number of hydrogen-bond donors (Lipinski definition) is 0. The zero-order chi connectivity index (χ0) is 13.4. The summed E-state index contributed by atoms with van der Waals surface area (Å²) in [5.41, 5.74) is -1.05. The van der Waals surface area contributed by atoms with Gasteiger partial charge < -0.3 is 0 Å². The lowest BCUT2D eigenvalue weighted by Gasteiger charge is -2.15. The zero-order valence-electron chi connectivity index (χ0n) is 9.34. The van der Waals surface area contributed by atoms with Gasteiger partial charge in [0.25, 0.3) is 0 Å². The summed E-state index contributed by atoms with van der Waals surface area (Å²) in [6, 6.07) is 0. The molecular weight excluding hydrogens is 245 g/mol. The molecule has 0 atom stereocenters. The monoisotopic (exact) mass is 258 g/mol. The first-order valence-electron chi connectivity index (χ1n) is 4.29. The highest BCUT2D eigenvalue weighted by molar-refractivity contribution is 7.94. The minimum absolute atomic E-state index is 0.148. The van der Waals surface area contributed by atoms with Crippen LogP contribution in [0.25, 0.3) is 0 Å². The van der Waals surface area contributed by atoms with Gasteiger partial charge >= 0.3 is 6.18 Å². The van der Waals surface area contributed by atoms with Gasteiger partial charge in [0.15, 0.2) is 20.5 Å². The van der Waals surface area contributed by atoms with E-state index >= 15 is 0 Å². The van der Waals surface area contributed by atoms with Crippen LogP contribution in [0.15, 0.2) is 11.0 Å². The van der Waals surface area contributed by atoms with Gasteiger partial charge in [-0.15, -0.1) is 0 Å². The van der Waals surface area contributed by atoms with Crippen molar-refractivity contribution < 1.29 is 26.4 Å². The number of halogens is 3. The average Bonchev–Trinajstić information content (AvgIpc) is 1.92. The topological polar surface area (TPSA) is 51.2 Å². The van der Waals surface area contributed by atoms with E-state index in [4.69, 9.17) is 0 Å². The molecule has 0 aliphatic heterocycles. The fraction of sp³-hybridized carbons (Fsp3) is 0.667. The molecule has 0 aromatic heterocycles. The van der Waals surface area contributed by atoms with E-state index in [-0.39, 0.29) is 6.08 Å². The van der Waals surface area contributed by atoms with Crippen molar-refractivity contribution in [1.82, 2.24) is 0 Å². The minimum atomic E-state index is -5.05. The first-order valence-corrected chi connectivity index (χ1v) is 6.19. The highest BCUT2D eigenvalue weighted by atomic mass is 32.2. The molecule has 7 heteroatoms. The second kappa shape index (κ2) is 4.20. The summed E-state index contributed by atoms with van der Waals surface area (Å²) in [5, 5.41) is 0. The predicted octanol–water partition coefficient (Wildman–Crippen LogP) is 2.09. The van der Waals surface area contributed by atoms with Crippen molar-refractivity contribution in [3.8, 4) is 0 Å². The Morgan fingerprint density at radius 2 is 1.50 bits per heavy atom. The molecule has 0 aliphatic carbocycles. The standard InChI is InChI=1S/C9H13F3O3S/c1-8(2,3)6(13)5-7(9(10,11)12)16(4,14)15/h5H,1-4H3/b7-5-. The van der Waals surface area contributed by atoms with Crippen LogP contribution in [-0.2, 0) is 14.6 Å². The number of sulfone groups is 1. The van der Waals surface area contributed by atoms with Gasteiger partial charge in [-0.25, -0.2) is 8.42 Å². The molecule has 0 rings (SSSR count). The molecule has 0 aromatic rings. The third-order valence-corrected chi connectivity index (χ3v) is 2.83. The Morgan fingerprint density at radius 1 is 1.12 bits per heavy atom. The Balaban J connectivity index is 5.60. The van der Waals surface area contributed by atoms with Gasteiger partial charge in [-0.2, -0.15) is 13.2 Å². The largest absolute Gasteiger partial charge is 0.427 e. The second-order valence-electron chi connectivity index (χ2n) is 4.39. The molecule has 0 bridgehead atoms. The molecule has 0 amide bonds. The number of carbonyl (C=O) groups excluding carboxylic acids is 1. The van der Waals surface area contributed by atoms with Gasteiger partial charge in [0.2, 0.25) is 0 Å². The maximum Gasteiger partial charge on any atom is 0.427 e. The van der Waals surface area contributed by atoms with E-state index in [1.807, 2.05) is 0 Å². The molecule has 0 unspecified atom stereocenters. The van der Waals surface area contributed by atoms with Crippen LogP contribution in [0.3, 0.4) is 0 Å². The first kappa shape index (κ1) is 15.2. The summed E-state index contributed by atoms with van der Waals surface area (Å²) in [6.07, 6.45) is -4.48. The Bertz CT molecular complexity index is 410. The molecule has 0 N–H and O–H groups in total. The van der Waals surface area contributed by atoms with Crippen molar-refractivity contribution in [1.29, 1.82) is 0 Å². The Morgan fingerprint density at radius 3 is 1.69 bits per heavy atom. The fourth-order valence-corrected chi connectivity index (χ4v) is 1.48. The van der Waals surface area contributed by atoms with Crippen molar-refractivity contribution in [2.75, 3.05) is 6.26 Å². The van der Waals surface area contributed by atoms with E-state index in [0.717, 1.165) is 0 Å². The Hall–Kier alpha value is -0.850. The highest BCUT2D eigenvalue weighted by Gasteiger charge is 2.41. The van der Waals surface area contributed by atoms with Crippen LogP contribution in [0.5, 0.6) is 0 Å². The van der Waals surface area contributed by atoms with Gasteiger partial charge in [-0.3, -0.25) is 4.79 Å². The molecule has 0 heterocycles. The minimum Gasteiger partial charge on any atom is -0.294 e. The molecule has 0 spiro atoms. The molecule has 0 aromatic carbocycles. The molecule has 0 fully saturated rings. The quantitative estimate of drug-likeness (QED) is 0.713.